The molecule has 0 saturated heterocycles. The van der Waals surface area contributed by atoms with Gasteiger partial charge in [-0.15, -0.1) is 11.3 Å². The van der Waals surface area contributed by atoms with Crippen molar-refractivity contribution in [2.75, 3.05) is 18.9 Å². The Hall–Kier alpha value is -1.99. The maximum atomic E-state index is 12.0. The minimum atomic E-state index is -0.879. The first-order valence-corrected chi connectivity index (χ1v) is 6.86. The van der Waals surface area contributed by atoms with E-state index in [4.69, 9.17) is 23.1 Å². The summed E-state index contributed by atoms with van der Waals surface area (Å²) >= 11 is 7.18. The summed E-state index contributed by atoms with van der Waals surface area (Å²) in [5, 5.41) is 3.91. The number of anilines is 1. The topological polar surface area (TPSA) is 107 Å². The predicted octanol–water partition coefficient (Wildman–Crippen LogP) is 1.96. The zero-order valence-corrected chi connectivity index (χ0v) is 11.9. The average molecular weight is 314 g/mol. The minimum Gasteiger partial charge on any atom is -0.448 e. The lowest BCUT2D eigenvalue weighted by atomic mass is 10.2. The largest absolute Gasteiger partial charge is 0.448 e. The second kappa shape index (κ2) is 5.98. The van der Waals surface area contributed by atoms with E-state index < -0.39 is 6.09 Å². The number of hydrogen-bond acceptors (Lipinski definition) is 5. The van der Waals surface area contributed by atoms with Gasteiger partial charge in [0, 0.05) is 15.1 Å². The first kappa shape index (κ1) is 14.4. The van der Waals surface area contributed by atoms with Gasteiger partial charge in [-0.25, -0.2) is 4.79 Å². The number of amides is 2. The summed E-state index contributed by atoms with van der Waals surface area (Å²) < 4.78 is 5.39. The molecule has 2 amide bonds. The minimum absolute atomic E-state index is 0.0116. The number of thiophene rings is 1. The molecule has 106 valence electrons. The molecule has 0 bridgehead atoms. The molecular formula is C12H12ClN3O3S. The lowest BCUT2D eigenvalue weighted by Gasteiger charge is -2.04. The normalized spacial score (nSPS) is 10.4. The molecule has 0 saturated carbocycles. The Balaban J connectivity index is 2.10. The number of hydrogen-bond donors (Lipinski definition) is 3. The van der Waals surface area contributed by atoms with E-state index in [0.29, 0.717) is 15.6 Å². The van der Waals surface area contributed by atoms with E-state index in [1.807, 2.05) is 6.07 Å². The molecule has 0 atom stereocenters. The summed E-state index contributed by atoms with van der Waals surface area (Å²) in [6.07, 6.45) is -0.879. The van der Waals surface area contributed by atoms with E-state index >= 15 is 0 Å². The van der Waals surface area contributed by atoms with Crippen molar-refractivity contribution < 1.29 is 14.3 Å². The molecule has 1 heterocycles. The first-order chi connectivity index (χ1) is 9.49. The van der Waals surface area contributed by atoms with Crippen LogP contribution in [0.2, 0.25) is 5.02 Å². The monoisotopic (exact) mass is 313 g/mol. The van der Waals surface area contributed by atoms with Crippen LogP contribution in [0.3, 0.4) is 0 Å². The molecule has 5 N–H and O–H groups in total. The van der Waals surface area contributed by atoms with Gasteiger partial charge in [0.1, 0.15) is 11.5 Å². The summed E-state index contributed by atoms with van der Waals surface area (Å²) in [5.41, 5.74) is 11.1. The number of primary amides is 1. The van der Waals surface area contributed by atoms with E-state index in [-0.39, 0.29) is 19.1 Å². The zero-order valence-electron chi connectivity index (χ0n) is 10.3. The molecule has 0 unspecified atom stereocenters. The molecule has 0 radical (unpaired) electrons. The second-order valence-electron chi connectivity index (χ2n) is 3.91. The lowest BCUT2D eigenvalue weighted by molar-refractivity contribution is 0.0941. The van der Waals surface area contributed by atoms with Gasteiger partial charge in [0.2, 0.25) is 0 Å². The lowest BCUT2D eigenvalue weighted by Crippen LogP contribution is -2.28. The van der Waals surface area contributed by atoms with Crippen LogP contribution in [0.15, 0.2) is 18.2 Å². The molecule has 8 heteroatoms. The molecule has 0 aliphatic carbocycles. The van der Waals surface area contributed by atoms with Crippen molar-refractivity contribution in [1.82, 2.24) is 5.32 Å². The maximum absolute atomic E-state index is 12.0. The summed E-state index contributed by atoms with van der Waals surface area (Å²) in [7, 11) is 0. The molecule has 20 heavy (non-hydrogen) atoms. The van der Waals surface area contributed by atoms with Crippen LogP contribution in [0, 0.1) is 0 Å². The molecule has 1 aromatic heterocycles. The van der Waals surface area contributed by atoms with Gasteiger partial charge < -0.3 is 21.5 Å². The Morgan fingerprint density at radius 2 is 2.15 bits per heavy atom. The summed E-state index contributed by atoms with van der Waals surface area (Å²) in [5.74, 6) is -0.326. The Bertz CT molecular complexity index is 671. The number of nitrogen functional groups attached to an aromatic ring is 1. The summed E-state index contributed by atoms with van der Waals surface area (Å²) in [6, 6.07) is 5.27. The SMILES string of the molecule is NC(=O)OCCNC(=O)c1sc2ccc(Cl)cc2c1N. The molecule has 0 spiro atoms. The zero-order chi connectivity index (χ0) is 14.7. The van der Waals surface area contributed by atoms with Crippen LogP contribution in [-0.4, -0.2) is 25.2 Å². The van der Waals surface area contributed by atoms with Crippen molar-refractivity contribution in [3.63, 3.8) is 0 Å². The van der Waals surface area contributed by atoms with Crippen LogP contribution in [0.4, 0.5) is 10.5 Å². The Kier molecular flexibility index (Phi) is 4.31. The van der Waals surface area contributed by atoms with Crippen LogP contribution in [-0.2, 0) is 4.74 Å². The molecule has 0 aliphatic heterocycles. The fourth-order valence-corrected chi connectivity index (χ4v) is 2.85. The highest BCUT2D eigenvalue weighted by Crippen LogP contribution is 2.35. The highest BCUT2D eigenvalue weighted by Gasteiger charge is 2.16. The number of nitrogens with one attached hydrogen (secondary N) is 1. The third kappa shape index (κ3) is 3.12. The third-order valence-electron chi connectivity index (χ3n) is 2.53. The van der Waals surface area contributed by atoms with Gasteiger partial charge in [0.05, 0.1) is 12.2 Å². The standard InChI is InChI=1S/C12H12ClN3O3S/c13-6-1-2-8-7(5-6)9(14)10(20-8)11(17)16-3-4-19-12(15)18/h1-2,5H,3-4,14H2,(H2,15,18)(H,16,17). The van der Waals surface area contributed by atoms with Crippen LogP contribution in [0.1, 0.15) is 9.67 Å². The van der Waals surface area contributed by atoms with Crippen molar-refractivity contribution in [3.8, 4) is 0 Å². The van der Waals surface area contributed by atoms with Crippen molar-refractivity contribution in [1.29, 1.82) is 0 Å². The van der Waals surface area contributed by atoms with Gasteiger partial charge >= 0.3 is 6.09 Å². The van der Waals surface area contributed by atoms with E-state index in [1.165, 1.54) is 11.3 Å². The molecule has 0 fully saturated rings. The Labute approximate surface area is 123 Å². The number of nitrogens with two attached hydrogens (primary N) is 2. The quantitative estimate of drug-likeness (QED) is 0.750. The van der Waals surface area contributed by atoms with Gasteiger partial charge in [-0.3, -0.25) is 4.79 Å². The van der Waals surface area contributed by atoms with Crippen LogP contribution in [0.25, 0.3) is 10.1 Å². The number of rotatable bonds is 4. The molecule has 1 aromatic carbocycles. The van der Waals surface area contributed by atoms with E-state index in [9.17, 15) is 9.59 Å². The van der Waals surface area contributed by atoms with Gasteiger partial charge in [-0.05, 0) is 18.2 Å². The third-order valence-corrected chi connectivity index (χ3v) is 3.95. The van der Waals surface area contributed by atoms with Gasteiger partial charge in [0.15, 0.2) is 0 Å². The number of fused-ring (bicyclic) bond motifs is 1. The number of carbonyl (C=O) groups excluding carboxylic acids is 2. The molecule has 2 rings (SSSR count). The van der Waals surface area contributed by atoms with Gasteiger partial charge in [-0.2, -0.15) is 0 Å². The number of benzene rings is 1. The van der Waals surface area contributed by atoms with Crippen molar-refractivity contribution in [3.05, 3.63) is 28.1 Å². The van der Waals surface area contributed by atoms with Crippen LogP contribution >= 0.6 is 22.9 Å². The highest BCUT2D eigenvalue weighted by atomic mass is 35.5. The van der Waals surface area contributed by atoms with E-state index in [1.54, 1.807) is 12.1 Å². The average Bonchev–Trinajstić information content (AvgIpc) is 2.72. The fourth-order valence-electron chi connectivity index (χ4n) is 1.65. The number of carbonyl (C=O) groups is 2. The van der Waals surface area contributed by atoms with Crippen molar-refractivity contribution in [2.24, 2.45) is 5.73 Å². The number of ether oxygens (including phenoxy) is 1. The van der Waals surface area contributed by atoms with Crippen molar-refractivity contribution >= 4 is 50.7 Å². The molecule has 6 nitrogen and oxygen atoms in total. The summed E-state index contributed by atoms with van der Waals surface area (Å²) in [6.45, 7) is 0.175. The number of halogens is 1. The van der Waals surface area contributed by atoms with Gasteiger partial charge in [0.25, 0.3) is 5.91 Å². The van der Waals surface area contributed by atoms with Crippen LogP contribution in [0.5, 0.6) is 0 Å². The smallest absolute Gasteiger partial charge is 0.404 e. The van der Waals surface area contributed by atoms with Crippen molar-refractivity contribution in [2.45, 2.75) is 0 Å². The van der Waals surface area contributed by atoms with E-state index in [2.05, 4.69) is 10.1 Å². The second-order valence-corrected chi connectivity index (χ2v) is 5.40. The molecule has 0 aliphatic rings. The molecular weight excluding hydrogens is 302 g/mol. The van der Waals surface area contributed by atoms with Gasteiger partial charge in [-0.1, -0.05) is 11.6 Å². The Morgan fingerprint density at radius 3 is 2.85 bits per heavy atom. The maximum Gasteiger partial charge on any atom is 0.404 e. The highest BCUT2D eigenvalue weighted by molar-refractivity contribution is 7.21. The fraction of sp³-hybridized carbons (Fsp3) is 0.167. The Morgan fingerprint density at radius 1 is 1.40 bits per heavy atom. The summed E-state index contributed by atoms with van der Waals surface area (Å²) in [4.78, 5) is 22.8. The van der Waals surface area contributed by atoms with E-state index in [0.717, 1.165) is 10.1 Å². The molecule has 2 aromatic rings. The first-order valence-electron chi connectivity index (χ1n) is 5.67. The van der Waals surface area contributed by atoms with Crippen LogP contribution < -0.4 is 16.8 Å². The predicted molar refractivity (Wildman–Crippen MR) is 79.1 cm³/mol.